The molecule has 0 aliphatic heterocycles. The summed E-state index contributed by atoms with van der Waals surface area (Å²) in [5.41, 5.74) is 0.363. The van der Waals surface area contributed by atoms with Crippen molar-refractivity contribution in [3.8, 4) is 11.8 Å². The molecule has 0 fully saturated rings. The summed E-state index contributed by atoms with van der Waals surface area (Å²) in [7, 11) is 0. The zero-order valence-electron chi connectivity index (χ0n) is 7.41. The lowest BCUT2D eigenvalue weighted by atomic mass is 10.2. The molecule has 0 saturated heterocycles. The van der Waals surface area contributed by atoms with Crippen LogP contribution in [0.15, 0.2) is 24.3 Å². The summed E-state index contributed by atoms with van der Waals surface area (Å²) in [6, 6.07) is 8.48. The van der Waals surface area contributed by atoms with Crippen LogP contribution < -0.4 is 4.74 Å². The highest BCUT2D eigenvalue weighted by Gasteiger charge is 2.04. The molecule has 0 spiro atoms. The van der Waals surface area contributed by atoms with Gasteiger partial charge in [0.15, 0.2) is 0 Å². The van der Waals surface area contributed by atoms with Gasteiger partial charge in [0.1, 0.15) is 11.8 Å². The average molecular weight is 197 g/mol. The standard InChI is InChI=1S/C10H9F2NO/c11-10(12)5-6-14-9-4-2-1-3-8(9)7-13/h1-4,10H,5-6H2. The Balaban J connectivity index is 2.54. The number of alkyl halides is 2. The summed E-state index contributed by atoms with van der Waals surface area (Å²) in [6.45, 7) is -0.0731. The van der Waals surface area contributed by atoms with Crippen molar-refractivity contribution in [3.63, 3.8) is 0 Å². The molecule has 0 aliphatic carbocycles. The number of benzene rings is 1. The first-order chi connectivity index (χ1) is 6.74. The van der Waals surface area contributed by atoms with Gasteiger partial charge in [0.25, 0.3) is 0 Å². The van der Waals surface area contributed by atoms with Crippen molar-refractivity contribution < 1.29 is 13.5 Å². The van der Waals surface area contributed by atoms with Crippen LogP contribution in [0.1, 0.15) is 12.0 Å². The lowest BCUT2D eigenvalue weighted by Gasteiger charge is -2.06. The molecule has 1 aromatic carbocycles. The predicted molar refractivity (Wildman–Crippen MR) is 47.3 cm³/mol. The van der Waals surface area contributed by atoms with Gasteiger partial charge >= 0.3 is 0 Å². The van der Waals surface area contributed by atoms with Gasteiger partial charge in [-0.15, -0.1) is 0 Å². The summed E-state index contributed by atoms with van der Waals surface area (Å²) >= 11 is 0. The smallest absolute Gasteiger partial charge is 0.241 e. The Hall–Kier alpha value is -1.63. The molecule has 74 valence electrons. The quantitative estimate of drug-likeness (QED) is 0.743. The average Bonchev–Trinajstić information content (AvgIpc) is 2.18. The molecule has 0 aliphatic rings. The van der Waals surface area contributed by atoms with Gasteiger partial charge in [-0.05, 0) is 12.1 Å². The summed E-state index contributed by atoms with van der Waals surface area (Å²) < 4.78 is 28.6. The van der Waals surface area contributed by atoms with E-state index in [1.165, 1.54) is 0 Å². The Kier molecular flexibility index (Phi) is 3.86. The van der Waals surface area contributed by atoms with Crippen molar-refractivity contribution in [1.29, 1.82) is 5.26 Å². The van der Waals surface area contributed by atoms with E-state index in [2.05, 4.69) is 0 Å². The van der Waals surface area contributed by atoms with Crippen molar-refractivity contribution in [2.75, 3.05) is 6.61 Å². The molecule has 0 N–H and O–H groups in total. The SMILES string of the molecule is N#Cc1ccccc1OCCC(F)F. The highest BCUT2D eigenvalue weighted by molar-refractivity contribution is 5.42. The largest absolute Gasteiger partial charge is 0.492 e. The molecule has 0 saturated carbocycles. The van der Waals surface area contributed by atoms with Crippen LogP contribution in [-0.4, -0.2) is 13.0 Å². The fourth-order valence-electron chi connectivity index (χ4n) is 0.943. The second-order valence-corrected chi connectivity index (χ2v) is 2.64. The van der Waals surface area contributed by atoms with Crippen LogP contribution in [0.3, 0.4) is 0 Å². The van der Waals surface area contributed by atoms with E-state index in [4.69, 9.17) is 10.00 Å². The molecule has 0 bridgehead atoms. The summed E-state index contributed by atoms with van der Waals surface area (Å²) in [6.07, 6.45) is -2.69. The maximum atomic E-state index is 11.8. The molecule has 0 amide bonds. The van der Waals surface area contributed by atoms with E-state index in [9.17, 15) is 8.78 Å². The summed E-state index contributed by atoms with van der Waals surface area (Å²) in [5, 5.41) is 8.65. The summed E-state index contributed by atoms with van der Waals surface area (Å²) in [4.78, 5) is 0. The topological polar surface area (TPSA) is 33.0 Å². The number of para-hydroxylation sites is 1. The molecule has 0 aromatic heterocycles. The van der Waals surface area contributed by atoms with E-state index in [1.807, 2.05) is 6.07 Å². The van der Waals surface area contributed by atoms with Gasteiger partial charge in [-0.25, -0.2) is 8.78 Å². The van der Waals surface area contributed by atoms with Crippen LogP contribution in [-0.2, 0) is 0 Å². The first kappa shape index (κ1) is 10.5. The summed E-state index contributed by atoms with van der Waals surface area (Å²) in [5.74, 6) is 0.357. The number of nitrogens with zero attached hydrogens (tertiary/aromatic N) is 1. The van der Waals surface area contributed by atoms with Gasteiger partial charge in [-0.1, -0.05) is 12.1 Å². The van der Waals surface area contributed by atoms with Gasteiger partial charge in [0.2, 0.25) is 6.43 Å². The molecular formula is C10H9F2NO. The van der Waals surface area contributed by atoms with Gasteiger partial charge in [0, 0.05) is 6.42 Å². The van der Waals surface area contributed by atoms with Crippen molar-refractivity contribution in [3.05, 3.63) is 29.8 Å². The van der Waals surface area contributed by atoms with Crippen LogP contribution in [0.25, 0.3) is 0 Å². The van der Waals surface area contributed by atoms with E-state index in [1.54, 1.807) is 24.3 Å². The highest BCUT2D eigenvalue weighted by Crippen LogP contribution is 2.16. The monoisotopic (exact) mass is 197 g/mol. The molecular weight excluding hydrogens is 188 g/mol. The van der Waals surface area contributed by atoms with Crippen LogP contribution in [0.4, 0.5) is 8.78 Å². The minimum atomic E-state index is -2.37. The van der Waals surface area contributed by atoms with Gasteiger partial charge < -0.3 is 4.74 Å². The number of hydrogen-bond acceptors (Lipinski definition) is 2. The Morgan fingerprint density at radius 3 is 2.71 bits per heavy atom. The molecule has 14 heavy (non-hydrogen) atoms. The van der Waals surface area contributed by atoms with Crippen LogP contribution >= 0.6 is 0 Å². The minimum absolute atomic E-state index is 0.0731. The lowest BCUT2D eigenvalue weighted by Crippen LogP contribution is -2.03. The molecule has 1 rings (SSSR count). The molecule has 0 atom stereocenters. The zero-order chi connectivity index (χ0) is 10.4. The third-order valence-corrected chi connectivity index (χ3v) is 1.60. The zero-order valence-corrected chi connectivity index (χ0v) is 7.41. The van der Waals surface area contributed by atoms with E-state index >= 15 is 0 Å². The fourth-order valence-corrected chi connectivity index (χ4v) is 0.943. The van der Waals surface area contributed by atoms with E-state index in [0.717, 1.165) is 0 Å². The van der Waals surface area contributed by atoms with Crippen molar-refractivity contribution in [2.45, 2.75) is 12.8 Å². The molecule has 4 heteroatoms. The van der Waals surface area contributed by atoms with Crippen LogP contribution in [0.5, 0.6) is 5.75 Å². The van der Waals surface area contributed by atoms with Gasteiger partial charge in [0.05, 0.1) is 12.2 Å². The second kappa shape index (κ2) is 5.18. The first-order valence-electron chi connectivity index (χ1n) is 4.14. The molecule has 0 unspecified atom stereocenters. The number of halogens is 2. The van der Waals surface area contributed by atoms with Gasteiger partial charge in [-0.3, -0.25) is 0 Å². The molecule has 0 radical (unpaired) electrons. The highest BCUT2D eigenvalue weighted by atomic mass is 19.3. The van der Waals surface area contributed by atoms with Gasteiger partial charge in [-0.2, -0.15) is 5.26 Å². The van der Waals surface area contributed by atoms with Crippen molar-refractivity contribution in [1.82, 2.24) is 0 Å². The Labute approximate surface area is 80.7 Å². The number of rotatable bonds is 4. The number of ether oxygens (including phenoxy) is 1. The normalized spacial score (nSPS) is 9.86. The van der Waals surface area contributed by atoms with Crippen molar-refractivity contribution in [2.24, 2.45) is 0 Å². The third kappa shape index (κ3) is 3.02. The second-order valence-electron chi connectivity index (χ2n) is 2.64. The first-order valence-corrected chi connectivity index (χ1v) is 4.14. The maximum Gasteiger partial charge on any atom is 0.241 e. The lowest BCUT2D eigenvalue weighted by molar-refractivity contribution is 0.114. The Morgan fingerprint density at radius 2 is 2.07 bits per heavy atom. The van der Waals surface area contributed by atoms with E-state index in [-0.39, 0.29) is 13.0 Å². The fraction of sp³-hybridized carbons (Fsp3) is 0.300. The molecule has 2 nitrogen and oxygen atoms in total. The number of hydrogen-bond donors (Lipinski definition) is 0. The Bertz CT molecular complexity index is 333. The maximum absolute atomic E-state index is 11.8. The predicted octanol–water partition coefficient (Wildman–Crippen LogP) is 2.59. The van der Waals surface area contributed by atoms with Crippen LogP contribution in [0, 0.1) is 11.3 Å². The minimum Gasteiger partial charge on any atom is -0.492 e. The molecule has 1 aromatic rings. The Morgan fingerprint density at radius 1 is 1.36 bits per heavy atom. The van der Waals surface area contributed by atoms with E-state index < -0.39 is 6.43 Å². The van der Waals surface area contributed by atoms with Crippen molar-refractivity contribution >= 4 is 0 Å². The van der Waals surface area contributed by atoms with E-state index in [0.29, 0.717) is 11.3 Å². The number of nitriles is 1. The third-order valence-electron chi connectivity index (χ3n) is 1.60. The van der Waals surface area contributed by atoms with Crippen LogP contribution in [0.2, 0.25) is 0 Å². The molecule has 0 heterocycles.